The maximum Gasteiger partial charge on any atom is 0.573 e. The number of hydrogen-bond acceptors (Lipinski definition) is 4. The van der Waals surface area contributed by atoms with Crippen LogP contribution < -0.4 is 10.5 Å². The number of nitrogens with two attached hydrogens (primary N) is 1. The second-order valence-corrected chi connectivity index (χ2v) is 4.51. The van der Waals surface area contributed by atoms with Crippen molar-refractivity contribution in [3.8, 4) is 5.75 Å². The molecule has 0 radical (unpaired) electrons. The van der Waals surface area contributed by atoms with Crippen LogP contribution in [0.4, 0.5) is 22.0 Å². The molecule has 0 saturated heterocycles. The van der Waals surface area contributed by atoms with Crippen molar-refractivity contribution in [3.05, 3.63) is 29.8 Å². The third-order valence-corrected chi connectivity index (χ3v) is 2.97. The first kappa shape index (κ1) is 19.1. The predicted octanol–water partition coefficient (Wildman–Crippen LogP) is 2.00. The number of primary amides is 1. The standard InChI is InChI=1S/C13H14F5NO4/c14-12(15)22-6-10(9(5-20)11(19)21)7-2-1-3-8(4-7)23-13(16,17)18/h1-4,9-10,12,20H,5-6H2,(H2,19,21)/t9?,10-/m0/s1. The number of carbonyl (C=O) groups excluding carboxylic acids is 1. The van der Waals surface area contributed by atoms with Crippen LogP contribution in [0.15, 0.2) is 24.3 Å². The summed E-state index contributed by atoms with van der Waals surface area (Å²) in [5.41, 5.74) is 5.11. The first-order valence-electron chi connectivity index (χ1n) is 6.29. The van der Waals surface area contributed by atoms with Crippen molar-refractivity contribution in [2.24, 2.45) is 11.7 Å². The second-order valence-electron chi connectivity index (χ2n) is 4.51. The summed E-state index contributed by atoms with van der Waals surface area (Å²) in [4.78, 5) is 11.3. The summed E-state index contributed by atoms with van der Waals surface area (Å²) in [6.07, 6.45) is -4.94. The fourth-order valence-electron chi connectivity index (χ4n) is 1.98. The Morgan fingerprint density at radius 2 is 1.96 bits per heavy atom. The van der Waals surface area contributed by atoms with Gasteiger partial charge < -0.3 is 20.3 Å². The van der Waals surface area contributed by atoms with Gasteiger partial charge in [0, 0.05) is 5.92 Å². The molecule has 1 amide bonds. The average molecular weight is 343 g/mol. The van der Waals surface area contributed by atoms with E-state index in [0.717, 1.165) is 12.1 Å². The summed E-state index contributed by atoms with van der Waals surface area (Å²) in [7, 11) is 0. The van der Waals surface area contributed by atoms with Gasteiger partial charge in [-0.25, -0.2) is 0 Å². The van der Waals surface area contributed by atoms with Gasteiger partial charge in [-0.2, -0.15) is 8.78 Å². The maximum absolute atomic E-state index is 12.2. The number of benzene rings is 1. The molecule has 0 aliphatic heterocycles. The van der Waals surface area contributed by atoms with E-state index in [1.807, 2.05) is 0 Å². The monoisotopic (exact) mass is 343 g/mol. The molecule has 1 aromatic carbocycles. The van der Waals surface area contributed by atoms with E-state index >= 15 is 0 Å². The Morgan fingerprint density at radius 3 is 2.43 bits per heavy atom. The molecule has 5 nitrogen and oxygen atoms in total. The van der Waals surface area contributed by atoms with Crippen LogP contribution in [0.5, 0.6) is 5.75 Å². The molecule has 0 heterocycles. The van der Waals surface area contributed by atoms with Crippen LogP contribution in [-0.2, 0) is 9.53 Å². The Kier molecular flexibility index (Phi) is 6.70. The summed E-state index contributed by atoms with van der Waals surface area (Å²) in [6, 6.07) is 4.38. The molecule has 0 bridgehead atoms. The predicted molar refractivity (Wildman–Crippen MR) is 67.6 cm³/mol. The van der Waals surface area contributed by atoms with E-state index < -0.39 is 49.7 Å². The zero-order valence-electron chi connectivity index (χ0n) is 11.6. The Labute approximate surface area is 127 Å². The van der Waals surface area contributed by atoms with E-state index in [-0.39, 0.29) is 5.56 Å². The van der Waals surface area contributed by atoms with Crippen LogP contribution in [0.25, 0.3) is 0 Å². The van der Waals surface area contributed by atoms with E-state index in [9.17, 15) is 31.9 Å². The van der Waals surface area contributed by atoms with E-state index in [4.69, 9.17) is 5.73 Å². The van der Waals surface area contributed by atoms with Crippen molar-refractivity contribution in [1.29, 1.82) is 0 Å². The lowest BCUT2D eigenvalue weighted by atomic mass is 9.86. The van der Waals surface area contributed by atoms with Gasteiger partial charge >= 0.3 is 13.0 Å². The van der Waals surface area contributed by atoms with Crippen molar-refractivity contribution in [2.45, 2.75) is 18.9 Å². The van der Waals surface area contributed by atoms with E-state index in [1.54, 1.807) is 0 Å². The fourth-order valence-corrected chi connectivity index (χ4v) is 1.98. The highest BCUT2D eigenvalue weighted by Gasteiger charge is 2.32. The minimum atomic E-state index is -4.94. The summed E-state index contributed by atoms with van der Waals surface area (Å²) < 4.78 is 68.9. The molecule has 1 aromatic rings. The lowest BCUT2D eigenvalue weighted by Crippen LogP contribution is -2.34. The molecule has 0 fully saturated rings. The second kappa shape index (κ2) is 8.06. The molecule has 0 saturated carbocycles. The summed E-state index contributed by atoms with van der Waals surface area (Å²) in [5.74, 6) is -4.08. The number of hydrogen-bond donors (Lipinski definition) is 2. The SMILES string of the molecule is NC(=O)C(CO)[C@@H](COC(F)F)c1cccc(OC(F)(F)F)c1. The molecule has 1 rings (SSSR count). The smallest absolute Gasteiger partial charge is 0.406 e. The van der Waals surface area contributed by atoms with Gasteiger partial charge in [-0.1, -0.05) is 12.1 Å². The molecule has 2 atom stereocenters. The van der Waals surface area contributed by atoms with Gasteiger partial charge in [0.25, 0.3) is 0 Å². The number of carbonyl (C=O) groups is 1. The van der Waals surface area contributed by atoms with Crippen LogP contribution in [0.3, 0.4) is 0 Å². The fraction of sp³-hybridized carbons (Fsp3) is 0.462. The van der Waals surface area contributed by atoms with Crippen molar-refractivity contribution in [2.75, 3.05) is 13.2 Å². The molecule has 130 valence electrons. The molecule has 0 aliphatic rings. The first-order valence-corrected chi connectivity index (χ1v) is 6.29. The molecule has 0 spiro atoms. The summed E-state index contributed by atoms with van der Waals surface area (Å²) in [6.45, 7) is -4.66. The van der Waals surface area contributed by atoms with Crippen LogP contribution >= 0.6 is 0 Å². The average Bonchev–Trinajstić information content (AvgIpc) is 2.41. The lowest BCUT2D eigenvalue weighted by molar-refractivity contribution is -0.274. The molecule has 1 unspecified atom stereocenters. The third kappa shape index (κ3) is 6.37. The van der Waals surface area contributed by atoms with Gasteiger partial charge in [-0.3, -0.25) is 4.79 Å². The van der Waals surface area contributed by atoms with Gasteiger partial charge in [-0.15, -0.1) is 13.2 Å². The number of aliphatic hydroxyl groups excluding tert-OH is 1. The number of amides is 1. The molecule has 0 aromatic heterocycles. The lowest BCUT2D eigenvalue weighted by Gasteiger charge is -2.24. The van der Waals surface area contributed by atoms with Gasteiger partial charge in [0.15, 0.2) is 0 Å². The highest BCUT2D eigenvalue weighted by Crippen LogP contribution is 2.30. The normalized spacial score (nSPS) is 14.6. The maximum atomic E-state index is 12.2. The third-order valence-electron chi connectivity index (χ3n) is 2.97. The highest BCUT2D eigenvalue weighted by molar-refractivity contribution is 5.78. The Balaban J connectivity index is 3.09. The summed E-state index contributed by atoms with van der Waals surface area (Å²) in [5, 5.41) is 9.19. The van der Waals surface area contributed by atoms with Crippen LogP contribution in [0.2, 0.25) is 0 Å². The zero-order valence-corrected chi connectivity index (χ0v) is 11.6. The number of ether oxygens (including phenoxy) is 2. The number of halogens is 5. The van der Waals surface area contributed by atoms with E-state index in [0.29, 0.717) is 0 Å². The molecule has 23 heavy (non-hydrogen) atoms. The Hall–Kier alpha value is -1.94. The van der Waals surface area contributed by atoms with E-state index in [1.165, 1.54) is 12.1 Å². The van der Waals surface area contributed by atoms with Gasteiger partial charge in [0.05, 0.1) is 19.1 Å². The number of alkyl halides is 5. The minimum Gasteiger partial charge on any atom is -0.406 e. The van der Waals surface area contributed by atoms with E-state index in [2.05, 4.69) is 9.47 Å². The summed E-state index contributed by atoms with van der Waals surface area (Å²) >= 11 is 0. The Bertz CT molecular complexity index is 523. The number of rotatable bonds is 8. The van der Waals surface area contributed by atoms with Gasteiger partial charge in [0.1, 0.15) is 5.75 Å². The van der Waals surface area contributed by atoms with Crippen molar-refractivity contribution in [3.63, 3.8) is 0 Å². The molecular formula is C13H14F5NO4. The van der Waals surface area contributed by atoms with Gasteiger partial charge in [0.2, 0.25) is 5.91 Å². The zero-order chi connectivity index (χ0) is 17.6. The minimum absolute atomic E-state index is 0.0326. The molecule has 3 N–H and O–H groups in total. The van der Waals surface area contributed by atoms with Gasteiger partial charge in [-0.05, 0) is 17.7 Å². The van der Waals surface area contributed by atoms with Crippen molar-refractivity contribution >= 4 is 5.91 Å². The van der Waals surface area contributed by atoms with Crippen molar-refractivity contribution < 1.29 is 41.3 Å². The molecular weight excluding hydrogens is 329 g/mol. The van der Waals surface area contributed by atoms with Crippen LogP contribution in [0, 0.1) is 5.92 Å². The topological polar surface area (TPSA) is 81.8 Å². The largest absolute Gasteiger partial charge is 0.573 e. The van der Waals surface area contributed by atoms with Crippen LogP contribution in [-0.4, -0.2) is 37.2 Å². The molecule has 0 aliphatic carbocycles. The first-order chi connectivity index (χ1) is 10.6. The quantitative estimate of drug-likeness (QED) is 0.708. The Morgan fingerprint density at radius 1 is 1.30 bits per heavy atom. The van der Waals surface area contributed by atoms with Crippen molar-refractivity contribution in [1.82, 2.24) is 0 Å². The number of aliphatic hydroxyl groups is 1. The van der Waals surface area contributed by atoms with Crippen LogP contribution in [0.1, 0.15) is 11.5 Å². The molecule has 10 heteroatoms. The highest BCUT2D eigenvalue weighted by atomic mass is 19.4.